The van der Waals surface area contributed by atoms with Crippen LogP contribution in [-0.4, -0.2) is 134 Å². The number of nitrogens with zero attached hydrogens (tertiary/aromatic N) is 8. The second-order valence-electron chi connectivity index (χ2n) is 14.1. The lowest BCUT2D eigenvalue weighted by atomic mass is 9.82. The second kappa shape index (κ2) is 21.6. The van der Waals surface area contributed by atoms with Gasteiger partial charge in [0.25, 0.3) is 0 Å². The van der Waals surface area contributed by atoms with E-state index in [1.165, 1.54) is 12.4 Å². The maximum absolute atomic E-state index is 13.5. The van der Waals surface area contributed by atoms with E-state index in [9.17, 15) is 63.1 Å². The molecule has 0 aromatic carbocycles. The van der Waals surface area contributed by atoms with Crippen LogP contribution < -0.4 is 10.1 Å². The molecule has 0 unspecified atom stereocenters. The molecule has 65 heavy (non-hydrogen) atoms. The van der Waals surface area contributed by atoms with Crippen molar-refractivity contribution in [3.8, 4) is 23.2 Å². The maximum Gasteiger partial charge on any atom is 0.490 e. The lowest BCUT2D eigenvalue weighted by Crippen LogP contribution is -2.65. The van der Waals surface area contributed by atoms with Crippen LogP contribution in [0.1, 0.15) is 50.5 Å². The SMILES string of the molecule is C[C@H](O)CNCc1cc(O[C@H]2CC[C@@H](N3CC(CC#N)(n4cc(-c5ncnc6[nH]ccc56)cn4)C3)CC2)nc(C(F)(F)F)n1.O=C(O)C(F)(F)F.O=C(O)C(F)(F)F.O=C(O)C(F)(F)F. The molecule has 1 aliphatic carbocycles. The number of H-pyrrole nitrogens is 1. The van der Waals surface area contributed by atoms with Crippen LogP contribution in [0.5, 0.6) is 5.88 Å². The van der Waals surface area contributed by atoms with Crippen LogP contribution in [0.2, 0.25) is 0 Å². The first-order valence-electron chi connectivity index (χ1n) is 18.3. The van der Waals surface area contributed by atoms with E-state index in [0.717, 1.165) is 35.1 Å². The fraction of sp³-hybridized carbons (Fsp3) is 0.514. The summed E-state index contributed by atoms with van der Waals surface area (Å²) in [6, 6.07) is 5.95. The van der Waals surface area contributed by atoms with Crippen LogP contribution in [0.25, 0.3) is 22.3 Å². The van der Waals surface area contributed by atoms with Crippen molar-refractivity contribution in [1.82, 2.24) is 44.9 Å². The molecule has 18 nitrogen and oxygen atoms in total. The van der Waals surface area contributed by atoms with Gasteiger partial charge in [0.05, 0.1) is 36.2 Å². The highest BCUT2D eigenvalue weighted by Gasteiger charge is 2.48. The number of ether oxygens (including phenoxy) is 1. The van der Waals surface area contributed by atoms with Gasteiger partial charge >= 0.3 is 42.6 Å². The largest absolute Gasteiger partial charge is 0.490 e. The third kappa shape index (κ3) is 15.7. The van der Waals surface area contributed by atoms with Crippen LogP contribution in [-0.2, 0) is 32.6 Å². The third-order valence-corrected chi connectivity index (χ3v) is 9.03. The van der Waals surface area contributed by atoms with E-state index in [2.05, 4.69) is 46.3 Å². The number of nitrogens with one attached hydrogen (secondary N) is 2. The first kappa shape index (κ1) is 53.0. The minimum atomic E-state index is -5.08. The number of alkyl halides is 12. The molecule has 6 N–H and O–H groups in total. The summed E-state index contributed by atoms with van der Waals surface area (Å²) in [5.74, 6) is -9.62. The Labute approximate surface area is 356 Å². The monoisotopic (exact) mass is 952 g/mol. The normalized spacial score (nSPS) is 17.9. The molecule has 4 aromatic rings. The summed E-state index contributed by atoms with van der Waals surface area (Å²) in [4.78, 5) is 48.1. The van der Waals surface area contributed by atoms with Crippen molar-refractivity contribution in [2.45, 2.75) is 94.1 Å². The first-order chi connectivity index (χ1) is 30.0. The third-order valence-electron chi connectivity index (χ3n) is 9.03. The highest BCUT2D eigenvalue weighted by Crippen LogP contribution is 2.39. The van der Waals surface area contributed by atoms with Crippen molar-refractivity contribution in [1.29, 1.82) is 5.26 Å². The standard InChI is InChI=1S/C29H33F3N10O2.3C2HF3O2/c1-18(43)11-34-13-20-10-24(40-27(39-20)29(30,31)32)44-22-4-2-21(3-5-22)41-15-28(16-41,7-8-33)42-14-19(12-38-42)25-23-6-9-35-26(23)37-17-36-25;3*3-2(4,5)1(6)7/h6,9-10,12,14,17-18,21-22,34,43H,2-5,7,11,13,15-16H2,1H3,(H,35,36,37);3*(H,6,7)/t18-,21-,22+;;;/m0.../s1. The van der Waals surface area contributed by atoms with Gasteiger partial charge in [0.2, 0.25) is 11.7 Å². The van der Waals surface area contributed by atoms with E-state index in [1.807, 2.05) is 23.1 Å². The number of hydrogen-bond acceptors (Lipinski definition) is 13. The zero-order valence-corrected chi connectivity index (χ0v) is 33.1. The molecule has 0 amide bonds. The number of nitriles is 1. The molecule has 6 rings (SSSR count). The van der Waals surface area contributed by atoms with Crippen molar-refractivity contribution in [2.75, 3.05) is 19.6 Å². The average molecular weight is 953 g/mol. The predicted molar refractivity (Wildman–Crippen MR) is 193 cm³/mol. The molecule has 0 bridgehead atoms. The highest BCUT2D eigenvalue weighted by atomic mass is 19.4. The van der Waals surface area contributed by atoms with Crippen molar-refractivity contribution in [3.63, 3.8) is 0 Å². The van der Waals surface area contributed by atoms with Gasteiger partial charge in [0, 0.05) is 61.6 Å². The molecule has 5 heterocycles. The van der Waals surface area contributed by atoms with Crippen molar-refractivity contribution in [2.24, 2.45) is 0 Å². The van der Waals surface area contributed by atoms with Crippen molar-refractivity contribution < 1.29 is 92.2 Å². The molecule has 358 valence electrons. The van der Waals surface area contributed by atoms with Gasteiger partial charge in [-0.2, -0.15) is 68.0 Å². The lowest BCUT2D eigenvalue weighted by Gasteiger charge is -2.53. The summed E-state index contributed by atoms with van der Waals surface area (Å²) >= 11 is 0. The average Bonchev–Trinajstić information content (AvgIpc) is 3.87. The molecular weight excluding hydrogens is 916 g/mol. The number of aliphatic carboxylic acids is 3. The van der Waals surface area contributed by atoms with Gasteiger partial charge in [-0.25, -0.2) is 29.3 Å². The number of aliphatic hydroxyl groups excluding tert-OH is 1. The van der Waals surface area contributed by atoms with Crippen LogP contribution in [0.4, 0.5) is 52.7 Å². The number of aromatic amines is 1. The van der Waals surface area contributed by atoms with E-state index < -0.39 is 60.1 Å². The molecule has 4 aromatic heterocycles. The fourth-order valence-electron chi connectivity index (χ4n) is 6.12. The molecule has 2 fully saturated rings. The fourth-order valence-corrected chi connectivity index (χ4v) is 6.12. The zero-order chi connectivity index (χ0) is 49.1. The topological polar surface area (TPSA) is 266 Å². The summed E-state index contributed by atoms with van der Waals surface area (Å²) in [6.07, 6.45) is -10.6. The van der Waals surface area contributed by atoms with Gasteiger partial charge in [0.15, 0.2) is 0 Å². The molecule has 1 aliphatic heterocycles. The molecule has 0 spiro atoms. The molecule has 30 heteroatoms. The number of hydrogen-bond donors (Lipinski definition) is 6. The van der Waals surface area contributed by atoms with Crippen LogP contribution in [0.15, 0.2) is 37.1 Å². The molecule has 1 saturated heterocycles. The van der Waals surface area contributed by atoms with Crippen LogP contribution >= 0.6 is 0 Å². The molecule has 0 radical (unpaired) electrons. The molecule has 1 saturated carbocycles. The van der Waals surface area contributed by atoms with E-state index in [1.54, 1.807) is 13.1 Å². The Balaban J connectivity index is 0.000000443. The van der Waals surface area contributed by atoms with E-state index in [4.69, 9.17) is 34.4 Å². The van der Waals surface area contributed by atoms with Crippen LogP contribution in [0.3, 0.4) is 0 Å². The zero-order valence-electron chi connectivity index (χ0n) is 33.1. The highest BCUT2D eigenvalue weighted by molar-refractivity contribution is 5.90. The van der Waals surface area contributed by atoms with Crippen molar-refractivity contribution in [3.05, 3.63) is 48.6 Å². The first-order valence-corrected chi connectivity index (χ1v) is 18.3. The Morgan fingerprint density at radius 2 is 1.48 bits per heavy atom. The predicted octanol–water partition coefficient (Wildman–Crippen LogP) is 5.32. The minimum Gasteiger partial charge on any atom is -0.475 e. The summed E-state index contributed by atoms with van der Waals surface area (Å²) in [5.41, 5.74) is 2.07. The van der Waals surface area contributed by atoms with Gasteiger partial charge in [-0.3, -0.25) is 9.58 Å². The Hall–Kier alpha value is -6.35. The van der Waals surface area contributed by atoms with Gasteiger partial charge in [-0.05, 0) is 38.7 Å². The summed E-state index contributed by atoms with van der Waals surface area (Å²) < 4.78 is 143. The van der Waals surface area contributed by atoms with E-state index in [-0.39, 0.29) is 36.8 Å². The van der Waals surface area contributed by atoms with Crippen molar-refractivity contribution >= 4 is 28.9 Å². The lowest BCUT2D eigenvalue weighted by molar-refractivity contribution is -0.193. The minimum absolute atomic E-state index is 0.0479. The number of carboxylic acid groups (broad SMARTS) is 3. The number of halogens is 12. The van der Waals surface area contributed by atoms with Gasteiger partial charge in [-0.15, -0.1) is 0 Å². The van der Waals surface area contributed by atoms with Gasteiger partial charge in [-0.1, -0.05) is 0 Å². The number of fused-ring (bicyclic) bond motifs is 1. The quantitative estimate of drug-likeness (QED) is 0.110. The summed E-state index contributed by atoms with van der Waals surface area (Å²) in [6.45, 7) is 3.19. The Morgan fingerprint density at radius 3 is 1.97 bits per heavy atom. The van der Waals surface area contributed by atoms with E-state index >= 15 is 0 Å². The summed E-state index contributed by atoms with van der Waals surface area (Å²) in [5, 5.41) is 48.9. The van der Waals surface area contributed by atoms with Gasteiger partial charge < -0.3 is 35.5 Å². The smallest absolute Gasteiger partial charge is 0.475 e. The molecular formula is C35H36F12N10O8. The number of aliphatic hydroxyl groups is 1. The number of carboxylic acids is 3. The second-order valence-corrected chi connectivity index (χ2v) is 14.1. The Kier molecular flexibility index (Phi) is 17.6. The maximum atomic E-state index is 13.5. The number of likely N-dealkylation sites (tertiary alicyclic amines) is 1. The van der Waals surface area contributed by atoms with Crippen LogP contribution in [0, 0.1) is 11.3 Å². The Bertz CT molecular complexity index is 2200. The number of aromatic nitrogens is 7. The number of rotatable bonds is 10. The molecule has 2 aliphatic rings. The number of carbonyl (C=O) groups is 3. The van der Waals surface area contributed by atoms with E-state index in [0.29, 0.717) is 32.4 Å². The molecule has 1 atom stereocenters. The summed E-state index contributed by atoms with van der Waals surface area (Å²) in [7, 11) is 0. The van der Waals surface area contributed by atoms with Gasteiger partial charge in [0.1, 0.15) is 23.6 Å². The Morgan fingerprint density at radius 1 is 0.923 bits per heavy atom.